The van der Waals surface area contributed by atoms with Crippen LogP contribution in [0.5, 0.6) is 0 Å². The number of rotatable bonds is 4. The maximum atomic E-state index is 13.2. The number of benzene rings is 1. The van der Waals surface area contributed by atoms with Crippen LogP contribution in [0.3, 0.4) is 0 Å². The van der Waals surface area contributed by atoms with Crippen LogP contribution in [-0.4, -0.2) is 13.1 Å². The van der Waals surface area contributed by atoms with Gasteiger partial charge >= 0.3 is 0 Å². The van der Waals surface area contributed by atoms with Crippen molar-refractivity contribution >= 4 is 23.2 Å². The summed E-state index contributed by atoms with van der Waals surface area (Å²) in [6.07, 6.45) is 0. The highest BCUT2D eigenvalue weighted by Crippen LogP contribution is 2.32. The second-order valence-corrected chi connectivity index (χ2v) is 4.01. The van der Waals surface area contributed by atoms with Crippen LogP contribution in [0.2, 0.25) is 10.0 Å². The first-order valence-corrected chi connectivity index (χ1v) is 5.40. The fraction of sp³-hybridized carbons (Fsp3) is 0.400. The van der Waals surface area contributed by atoms with Gasteiger partial charge in [0.1, 0.15) is 5.82 Å². The van der Waals surface area contributed by atoms with Gasteiger partial charge in [-0.05, 0) is 19.1 Å². The fourth-order valence-electron chi connectivity index (χ4n) is 1.34. The predicted octanol–water partition coefficient (Wildman–Crippen LogP) is 2.74. The average Bonchev–Trinajstić information content (AvgIpc) is 2.21. The minimum atomic E-state index is -0.461. The third-order valence-corrected chi connectivity index (χ3v) is 2.82. The Hall–Kier alpha value is -0.350. The summed E-state index contributed by atoms with van der Waals surface area (Å²) in [5.41, 5.74) is 5.93. The molecule has 0 heterocycles. The second-order valence-electron chi connectivity index (χ2n) is 3.22. The first-order chi connectivity index (χ1) is 7.07. The zero-order valence-corrected chi connectivity index (χ0v) is 9.87. The van der Waals surface area contributed by atoms with Gasteiger partial charge in [0.15, 0.2) is 0 Å². The number of nitrogens with one attached hydrogen (secondary N) is 1. The van der Waals surface area contributed by atoms with Gasteiger partial charge in [-0.25, -0.2) is 4.39 Å². The fourth-order valence-corrected chi connectivity index (χ4v) is 2.04. The summed E-state index contributed by atoms with van der Waals surface area (Å²) < 4.78 is 13.2. The molecule has 1 atom stereocenters. The highest BCUT2D eigenvalue weighted by Gasteiger charge is 2.16. The molecule has 2 nitrogen and oxygen atoms in total. The zero-order chi connectivity index (χ0) is 11.4. The summed E-state index contributed by atoms with van der Waals surface area (Å²) >= 11 is 11.8. The Morgan fingerprint density at radius 1 is 1.47 bits per heavy atom. The maximum absolute atomic E-state index is 13.2. The molecule has 0 saturated heterocycles. The minimum Gasteiger partial charge on any atom is -0.329 e. The van der Waals surface area contributed by atoms with Crippen LogP contribution < -0.4 is 11.1 Å². The standard InChI is InChI=1S/C10H13Cl2FN2/c1-6(15-5-4-14)9-7(11)2-3-8(13)10(9)12/h2-3,6,15H,4-5,14H2,1H3. The van der Waals surface area contributed by atoms with Crippen molar-refractivity contribution in [1.29, 1.82) is 0 Å². The highest BCUT2D eigenvalue weighted by atomic mass is 35.5. The molecule has 84 valence electrons. The SMILES string of the molecule is CC(NCCN)c1c(Cl)ccc(F)c1Cl. The van der Waals surface area contributed by atoms with Crippen molar-refractivity contribution in [2.45, 2.75) is 13.0 Å². The van der Waals surface area contributed by atoms with E-state index in [1.165, 1.54) is 12.1 Å². The summed E-state index contributed by atoms with van der Waals surface area (Å²) in [5.74, 6) is -0.461. The average molecular weight is 251 g/mol. The number of halogens is 3. The van der Waals surface area contributed by atoms with Crippen LogP contribution in [0.4, 0.5) is 4.39 Å². The lowest BCUT2D eigenvalue weighted by Gasteiger charge is -2.16. The number of hydrogen-bond acceptors (Lipinski definition) is 2. The van der Waals surface area contributed by atoms with E-state index in [1.54, 1.807) is 0 Å². The second kappa shape index (κ2) is 5.66. The molecule has 0 bridgehead atoms. The van der Waals surface area contributed by atoms with Crippen molar-refractivity contribution < 1.29 is 4.39 Å². The molecule has 0 aliphatic rings. The van der Waals surface area contributed by atoms with Gasteiger partial charge in [0.05, 0.1) is 5.02 Å². The predicted molar refractivity (Wildman–Crippen MR) is 61.9 cm³/mol. The third-order valence-electron chi connectivity index (χ3n) is 2.11. The molecule has 0 spiro atoms. The minimum absolute atomic E-state index is 0.0690. The van der Waals surface area contributed by atoms with E-state index in [0.29, 0.717) is 23.7 Å². The van der Waals surface area contributed by atoms with E-state index in [9.17, 15) is 4.39 Å². The smallest absolute Gasteiger partial charge is 0.142 e. The van der Waals surface area contributed by atoms with E-state index in [1.807, 2.05) is 6.92 Å². The molecule has 0 amide bonds. The van der Waals surface area contributed by atoms with Crippen molar-refractivity contribution in [2.75, 3.05) is 13.1 Å². The molecule has 0 aromatic heterocycles. The van der Waals surface area contributed by atoms with Crippen molar-refractivity contribution in [3.05, 3.63) is 33.6 Å². The Balaban J connectivity index is 2.96. The molecule has 0 fully saturated rings. The molecular formula is C10H13Cl2FN2. The van der Waals surface area contributed by atoms with Gasteiger partial charge < -0.3 is 11.1 Å². The van der Waals surface area contributed by atoms with Gasteiger partial charge in [-0.1, -0.05) is 23.2 Å². The van der Waals surface area contributed by atoms with Crippen LogP contribution in [0, 0.1) is 5.82 Å². The molecule has 1 aromatic carbocycles. The number of hydrogen-bond donors (Lipinski definition) is 2. The molecule has 5 heteroatoms. The monoisotopic (exact) mass is 250 g/mol. The first kappa shape index (κ1) is 12.7. The summed E-state index contributed by atoms with van der Waals surface area (Å²) in [7, 11) is 0. The van der Waals surface area contributed by atoms with Crippen LogP contribution in [0.25, 0.3) is 0 Å². The quantitative estimate of drug-likeness (QED) is 0.807. The zero-order valence-electron chi connectivity index (χ0n) is 8.36. The molecule has 0 saturated carbocycles. The summed E-state index contributed by atoms with van der Waals surface area (Å²) in [4.78, 5) is 0. The molecule has 15 heavy (non-hydrogen) atoms. The molecule has 0 aliphatic carbocycles. The van der Waals surface area contributed by atoms with Gasteiger partial charge in [-0.3, -0.25) is 0 Å². The normalized spacial score (nSPS) is 12.9. The topological polar surface area (TPSA) is 38.0 Å². The van der Waals surface area contributed by atoms with E-state index in [-0.39, 0.29) is 11.1 Å². The Kier molecular flexibility index (Phi) is 4.80. The summed E-state index contributed by atoms with van der Waals surface area (Å²) in [6.45, 7) is 3.00. The lowest BCUT2D eigenvalue weighted by Crippen LogP contribution is -2.25. The van der Waals surface area contributed by atoms with Gasteiger partial charge in [-0.15, -0.1) is 0 Å². The van der Waals surface area contributed by atoms with Crippen LogP contribution in [0.1, 0.15) is 18.5 Å². The van der Waals surface area contributed by atoms with Crippen LogP contribution >= 0.6 is 23.2 Å². The Labute approximate surface area is 98.6 Å². The summed E-state index contributed by atoms with van der Waals surface area (Å²) in [6, 6.07) is 2.63. The van der Waals surface area contributed by atoms with Gasteiger partial charge in [0.2, 0.25) is 0 Å². The third kappa shape index (κ3) is 3.05. The number of nitrogens with two attached hydrogens (primary N) is 1. The largest absolute Gasteiger partial charge is 0.329 e. The van der Waals surface area contributed by atoms with Crippen LogP contribution in [0.15, 0.2) is 12.1 Å². The van der Waals surface area contributed by atoms with E-state index < -0.39 is 5.82 Å². The van der Waals surface area contributed by atoms with Crippen molar-refractivity contribution in [3.63, 3.8) is 0 Å². The molecule has 0 radical (unpaired) electrons. The van der Waals surface area contributed by atoms with Crippen molar-refractivity contribution in [1.82, 2.24) is 5.32 Å². The lowest BCUT2D eigenvalue weighted by molar-refractivity contribution is 0.572. The Morgan fingerprint density at radius 3 is 2.73 bits per heavy atom. The lowest BCUT2D eigenvalue weighted by atomic mass is 10.1. The summed E-state index contributed by atoms with van der Waals surface area (Å²) in [5, 5.41) is 3.62. The van der Waals surface area contributed by atoms with Crippen molar-refractivity contribution in [2.24, 2.45) is 5.73 Å². The van der Waals surface area contributed by atoms with E-state index in [4.69, 9.17) is 28.9 Å². The molecule has 1 rings (SSSR count). The molecule has 1 aromatic rings. The van der Waals surface area contributed by atoms with E-state index in [2.05, 4.69) is 5.32 Å². The Morgan fingerprint density at radius 2 is 2.13 bits per heavy atom. The van der Waals surface area contributed by atoms with Gasteiger partial charge in [0.25, 0.3) is 0 Å². The van der Waals surface area contributed by atoms with E-state index >= 15 is 0 Å². The Bertz CT molecular complexity index is 344. The first-order valence-electron chi connectivity index (χ1n) is 4.64. The van der Waals surface area contributed by atoms with E-state index in [0.717, 1.165) is 0 Å². The molecular weight excluding hydrogens is 238 g/mol. The highest BCUT2D eigenvalue weighted by molar-refractivity contribution is 6.36. The maximum Gasteiger partial charge on any atom is 0.142 e. The van der Waals surface area contributed by atoms with Crippen molar-refractivity contribution in [3.8, 4) is 0 Å². The van der Waals surface area contributed by atoms with Crippen LogP contribution in [-0.2, 0) is 0 Å². The van der Waals surface area contributed by atoms with Gasteiger partial charge in [-0.2, -0.15) is 0 Å². The molecule has 3 N–H and O–H groups in total. The molecule has 1 unspecified atom stereocenters. The van der Waals surface area contributed by atoms with Gasteiger partial charge in [0, 0.05) is 29.7 Å². The molecule has 0 aliphatic heterocycles.